The SMILES string of the molecule is Nc1nc(-c2nc(-c3ccccc3)cs2)c(-c2cccc(Cl)c2)s1. The lowest BCUT2D eigenvalue weighted by atomic mass is 10.1. The number of hydrogen-bond acceptors (Lipinski definition) is 5. The van der Waals surface area contributed by atoms with Crippen molar-refractivity contribution in [3.05, 3.63) is 65.0 Å². The molecule has 0 radical (unpaired) electrons. The average Bonchev–Trinajstić information content (AvgIpc) is 3.22. The number of benzene rings is 2. The number of halogens is 1. The highest BCUT2D eigenvalue weighted by Crippen LogP contribution is 2.40. The highest BCUT2D eigenvalue weighted by molar-refractivity contribution is 7.20. The molecule has 0 aliphatic rings. The van der Waals surface area contributed by atoms with E-state index in [-0.39, 0.29) is 0 Å². The fourth-order valence-electron chi connectivity index (χ4n) is 2.43. The normalized spacial score (nSPS) is 10.9. The van der Waals surface area contributed by atoms with Gasteiger partial charge in [0.05, 0.1) is 10.6 Å². The second kappa shape index (κ2) is 6.36. The van der Waals surface area contributed by atoms with Crippen LogP contribution >= 0.6 is 34.3 Å². The van der Waals surface area contributed by atoms with Crippen LogP contribution in [0.3, 0.4) is 0 Å². The van der Waals surface area contributed by atoms with Gasteiger partial charge in [-0.25, -0.2) is 9.97 Å². The minimum Gasteiger partial charge on any atom is -0.375 e. The average molecular weight is 370 g/mol. The van der Waals surface area contributed by atoms with Crippen LogP contribution in [0, 0.1) is 0 Å². The molecule has 2 aromatic carbocycles. The van der Waals surface area contributed by atoms with Gasteiger partial charge in [-0.3, -0.25) is 0 Å². The van der Waals surface area contributed by atoms with Crippen LogP contribution in [0.4, 0.5) is 5.13 Å². The van der Waals surface area contributed by atoms with Crippen molar-refractivity contribution in [2.45, 2.75) is 0 Å². The summed E-state index contributed by atoms with van der Waals surface area (Å²) in [5.41, 5.74) is 9.81. The van der Waals surface area contributed by atoms with E-state index in [4.69, 9.17) is 22.3 Å². The Bertz CT molecular complexity index is 992. The second-order valence-corrected chi connectivity index (χ2v) is 7.47. The molecule has 3 nitrogen and oxygen atoms in total. The fourth-order valence-corrected chi connectivity index (χ4v) is 4.34. The Labute approximate surface area is 152 Å². The van der Waals surface area contributed by atoms with Gasteiger partial charge in [-0.1, -0.05) is 65.4 Å². The number of thiazole rings is 2. The van der Waals surface area contributed by atoms with Gasteiger partial charge in [-0.05, 0) is 17.7 Å². The van der Waals surface area contributed by atoms with E-state index in [1.807, 2.05) is 60.0 Å². The van der Waals surface area contributed by atoms with Gasteiger partial charge in [0.25, 0.3) is 0 Å². The minimum atomic E-state index is 0.524. The quantitative estimate of drug-likeness (QED) is 0.493. The predicted molar refractivity (Wildman–Crippen MR) is 104 cm³/mol. The minimum absolute atomic E-state index is 0.524. The van der Waals surface area contributed by atoms with Gasteiger partial charge in [-0.2, -0.15) is 0 Å². The van der Waals surface area contributed by atoms with Crippen molar-refractivity contribution in [1.29, 1.82) is 0 Å². The number of rotatable bonds is 3. The Morgan fingerprint density at radius 1 is 0.917 bits per heavy atom. The first-order valence-electron chi connectivity index (χ1n) is 7.24. The van der Waals surface area contributed by atoms with Gasteiger partial charge in [-0.15, -0.1) is 11.3 Å². The number of hydrogen-bond donors (Lipinski definition) is 1. The Morgan fingerprint density at radius 2 is 1.71 bits per heavy atom. The summed E-state index contributed by atoms with van der Waals surface area (Å²) in [5.74, 6) is 0. The molecule has 0 spiro atoms. The maximum atomic E-state index is 6.12. The molecule has 2 heterocycles. The van der Waals surface area contributed by atoms with Crippen LogP contribution < -0.4 is 5.73 Å². The Balaban J connectivity index is 1.80. The van der Waals surface area contributed by atoms with Crippen LogP contribution in [0.2, 0.25) is 5.02 Å². The topological polar surface area (TPSA) is 51.8 Å². The van der Waals surface area contributed by atoms with Gasteiger partial charge in [0.1, 0.15) is 10.7 Å². The first kappa shape index (κ1) is 15.3. The molecule has 0 aliphatic heterocycles. The summed E-state index contributed by atoms with van der Waals surface area (Å²) in [6, 6.07) is 17.8. The maximum Gasteiger partial charge on any atom is 0.181 e. The van der Waals surface area contributed by atoms with E-state index >= 15 is 0 Å². The van der Waals surface area contributed by atoms with Crippen molar-refractivity contribution in [2.24, 2.45) is 0 Å². The zero-order valence-electron chi connectivity index (χ0n) is 12.4. The van der Waals surface area contributed by atoms with Crippen LogP contribution in [0.5, 0.6) is 0 Å². The third-order valence-electron chi connectivity index (χ3n) is 3.51. The van der Waals surface area contributed by atoms with Crippen molar-refractivity contribution in [3.8, 4) is 32.4 Å². The molecule has 0 amide bonds. The molecule has 118 valence electrons. The third kappa shape index (κ3) is 2.94. The molecule has 0 saturated heterocycles. The summed E-state index contributed by atoms with van der Waals surface area (Å²) in [6.45, 7) is 0. The highest BCUT2D eigenvalue weighted by Gasteiger charge is 2.17. The van der Waals surface area contributed by atoms with Crippen molar-refractivity contribution in [1.82, 2.24) is 9.97 Å². The largest absolute Gasteiger partial charge is 0.375 e. The summed E-state index contributed by atoms with van der Waals surface area (Å²) in [5, 5.41) is 4.12. The number of nitrogens with zero attached hydrogens (tertiary/aromatic N) is 2. The molecule has 2 aromatic heterocycles. The van der Waals surface area contributed by atoms with E-state index in [0.29, 0.717) is 10.2 Å². The summed E-state index contributed by atoms with van der Waals surface area (Å²) in [7, 11) is 0. The molecule has 0 saturated carbocycles. The number of aromatic nitrogens is 2. The Kier molecular flexibility index (Phi) is 4.06. The first-order chi connectivity index (χ1) is 11.7. The molecule has 4 aromatic rings. The molecule has 0 unspecified atom stereocenters. The van der Waals surface area contributed by atoms with Crippen LogP contribution in [0.25, 0.3) is 32.4 Å². The van der Waals surface area contributed by atoms with E-state index in [1.54, 1.807) is 11.3 Å². The van der Waals surface area contributed by atoms with Crippen molar-refractivity contribution in [2.75, 3.05) is 5.73 Å². The molecule has 0 bridgehead atoms. The van der Waals surface area contributed by atoms with E-state index in [2.05, 4.69) is 4.98 Å². The van der Waals surface area contributed by atoms with Crippen molar-refractivity contribution >= 4 is 39.4 Å². The van der Waals surface area contributed by atoms with Gasteiger partial charge in [0.2, 0.25) is 0 Å². The molecule has 0 fully saturated rings. The van der Waals surface area contributed by atoms with Crippen molar-refractivity contribution < 1.29 is 0 Å². The van der Waals surface area contributed by atoms with E-state index in [1.165, 1.54) is 11.3 Å². The van der Waals surface area contributed by atoms with Gasteiger partial charge >= 0.3 is 0 Å². The van der Waals surface area contributed by atoms with E-state index < -0.39 is 0 Å². The standard InChI is InChI=1S/C18H12ClN3S2/c19-13-8-4-7-12(9-13)16-15(22-18(20)24-16)17-21-14(10-23-17)11-5-2-1-3-6-11/h1-10H,(H2,20,22). The molecule has 24 heavy (non-hydrogen) atoms. The molecule has 6 heteroatoms. The van der Waals surface area contributed by atoms with E-state index in [9.17, 15) is 0 Å². The van der Waals surface area contributed by atoms with Crippen LogP contribution in [-0.2, 0) is 0 Å². The summed E-state index contributed by atoms with van der Waals surface area (Å²) >= 11 is 9.14. The van der Waals surface area contributed by atoms with Gasteiger partial charge < -0.3 is 5.73 Å². The fraction of sp³-hybridized carbons (Fsp3) is 0. The molecular weight excluding hydrogens is 358 g/mol. The van der Waals surface area contributed by atoms with Gasteiger partial charge in [0, 0.05) is 16.0 Å². The monoisotopic (exact) mass is 369 g/mol. The Hall–Kier alpha value is -2.21. The molecule has 4 rings (SSSR count). The maximum absolute atomic E-state index is 6.12. The second-order valence-electron chi connectivity index (χ2n) is 5.14. The van der Waals surface area contributed by atoms with Crippen molar-refractivity contribution in [3.63, 3.8) is 0 Å². The van der Waals surface area contributed by atoms with Gasteiger partial charge in [0.15, 0.2) is 5.13 Å². The summed E-state index contributed by atoms with van der Waals surface area (Å²) in [6.07, 6.45) is 0. The van der Waals surface area contributed by atoms with E-state index in [0.717, 1.165) is 32.4 Å². The molecule has 2 N–H and O–H groups in total. The molecular formula is C18H12ClN3S2. The smallest absolute Gasteiger partial charge is 0.181 e. The number of nitrogens with two attached hydrogens (primary N) is 1. The van der Waals surface area contributed by atoms with Crippen LogP contribution in [0.1, 0.15) is 0 Å². The third-order valence-corrected chi connectivity index (χ3v) is 5.52. The zero-order valence-corrected chi connectivity index (χ0v) is 14.8. The first-order valence-corrected chi connectivity index (χ1v) is 9.31. The number of nitrogen functional groups attached to an aromatic ring is 1. The highest BCUT2D eigenvalue weighted by atomic mass is 35.5. The Morgan fingerprint density at radius 3 is 2.50 bits per heavy atom. The summed E-state index contributed by atoms with van der Waals surface area (Å²) in [4.78, 5) is 10.2. The number of anilines is 1. The molecule has 0 aliphatic carbocycles. The lowest BCUT2D eigenvalue weighted by Crippen LogP contribution is -1.84. The zero-order chi connectivity index (χ0) is 16.5. The summed E-state index contributed by atoms with van der Waals surface area (Å²) < 4.78 is 0. The lowest BCUT2D eigenvalue weighted by molar-refractivity contribution is 1.34. The van der Waals surface area contributed by atoms with Crippen LogP contribution in [-0.4, -0.2) is 9.97 Å². The molecule has 0 atom stereocenters. The lowest BCUT2D eigenvalue weighted by Gasteiger charge is -2.00. The van der Waals surface area contributed by atoms with Crippen LogP contribution in [0.15, 0.2) is 60.0 Å². The predicted octanol–water partition coefficient (Wildman–Crippen LogP) is 5.84.